The van der Waals surface area contributed by atoms with E-state index in [4.69, 9.17) is 4.74 Å². The first-order valence-electron chi connectivity index (χ1n) is 6.03. The second-order valence-corrected chi connectivity index (χ2v) is 4.37. The number of anilines is 1. The largest absolute Gasteiger partial charge is 0.467 e. The first kappa shape index (κ1) is 14.6. The fourth-order valence-electron chi connectivity index (χ4n) is 2.02. The number of hydrogen-bond acceptors (Lipinski definition) is 4. The molecule has 7 heteroatoms. The monoisotopic (exact) mass is 289 g/mol. The van der Waals surface area contributed by atoms with Crippen LogP contribution in [0, 0.1) is 0 Å². The predicted octanol–water partition coefficient (Wildman–Crippen LogP) is 2.08. The summed E-state index contributed by atoms with van der Waals surface area (Å²) in [5.41, 5.74) is -0.0748. The number of alkyl halides is 3. The summed E-state index contributed by atoms with van der Waals surface area (Å²) in [6, 6.07) is 4.83. The summed E-state index contributed by atoms with van der Waals surface area (Å²) in [6.07, 6.45) is -5.06. The summed E-state index contributed by atoms with van der Waals surface area (Å²) < 4.78 is 47.3. The first-order valence-corrected chi connectivity index (χ1v) is 6.03. The van der Waals surface area contributed by atoms with Gasteiger partial charge < -0.3 is 14.4 Å². The predicted molar refractivity (Wildman–Crippen MR) is 65.4 cm³/mol. The number of esters is 1. The molecule has 0 N–H and O–H groups in total. The quantitative estimate of drug-likeness (QED) is 0.781. The molecule has 4 nitrogen and oxygen atoms in total. The summed E-state index contributed by atoms with van der Waals surface area (Å²) >= 11 is 0. The van der Waals surface area contributed by atoms with Crippen molar-refractivity contribution in [2.75, 3.05) is 31.7 Å². The number of morpholine rings is 1. The molecule has 1 aromatic rings. The summed E-state index contributed by atoms with van der Waals surface area (Å²) in [6.45, 7) is 1.09. The highest BCUT2D eigenvalue weighted by molar-refractivity contribution is 5.75. The molecule has 0 spiro atoms. The fourth-order valence-corrected chi connectivity index (χ4v) is 2.02. The Bertz CT molecular complexity index is 473. The number of hydrogen-bond donors (Lipinski definition) is 0. The highest BCUT2D eigenvalue weighted by Crippen LogP contribution is 2.30. The van der Waals surface area contributed by atoms with Crippen molar-refractivity contribution in [3.8, 4) is 0 Å². The van der Waals surface area contributed by atoms with Crippen LogP contribution in [0.15, 0.2) is 24.3 Å². The fraction of sp³-hybridized carbons (Fsp3) is 0.462. The van der Waals surface area contributed by atoms with Gasteiger partial charge in [0.1, 0.15) is 0 Å². The van der Waals surface area contributed by atoms with Crippen molar-refractivity contribution in [2.24, 2.45) is 0 Å². The Hall–Kier alpha value is -1.76. The van der Waals surface area contributed by atoms with E-state index in [0.717, 1.165) is 12.1 Å². The second kappa shape index (κ2) is 5.70. The van der Waals surface area contributed by atoms with Crippen molar-refractivity contribution >= 4 is 11.7 Å². The summed E-state index contributed by atoms with van der Waals surface area (Å²) in [5.74, 6) is -0.485. The molecule has 1 saturated heterocycles. The van der Waals surface area contributed by atoms with Gasteiger partial charge in [-0.2, -0.15) is 13.2 Å². The Balaban J connectivity index is 2.09. The molecule has 0 saturated carbocycles. The maximum Gasteiger partial charge on any atom is 0.416 e. The van der Waals surface area contributed by atoms with Crippen molar-refractivity contribution in [1.29, 1.82) is 0 Å². The molecule has 0 aromatic heterocycles. The lowest BCUT2D eigenvalue weighted by atomic mass is 10.1. The van der Waals surface area contributed by atoms with Gasteiger partial charge in [-0.1, -0.05) is 0 Å². The Kier molecular flexibility index (Phi) is 4.17. The zero-order chi connectivity index (χ0) is 14.8. The van der Waals surface area contributed by atoms with E-state index in [1.54, 1.807) is 4.90 Å². The van der Waals surface area contributed by atoms with Gasteiger partial charge in [-0.05, 0) is 24.3 Å². The van der Waals surface area contributed by atoms with E-state index in [-0.39, 0.29) is 6.54 Å². The van der Waals surface area contributed by atoms with Crippen molar-refractivity contribution in [1.82, 2.24) is 0 Å². The van der Waals surface area contributed by atoms with Crippen LogP contribution >= 0.6 is 0 Å². The Morgan fingerprint density at radius 3 is 2.55 bits per heavy atom. The zero-order valence-corrected chi connectivity index (χ0v) is 10.8. The van der Waals surface area contributed by atoms with Gasteiger partial charge in [0.2, 0.25) is 0 Å². The number of rotatable bonds is 2. The van der Waals surface area contributed by atoms with Crippen LogP contribution in [0.25, 0.3) is 0 Å². The minimum Gasteiger partial charge on any atom is -0.467 e. The Labute approximate surface area is 114 Å². The maximum atomic E-state index is 12.5. The number of carbonyl (C=O) groups excluding carboxylic acids is 1. The van der Waals surface area contributed by atoms with Crippen LogP contribution in [0.1, 0.15) is 5.56 Å². The van der Waals surface area contributed by atoms with Crippen LogP contribution in [0.5, 0.6) is 0 Å². The van der Waals surface area contributed by atoms with Crippen LogP contribution in [0.2, 0.25) is 0 Å². The minimum atomic E-state index is -4.35. The number of ether oxygens (including phenoxy) is 2. The van der Waals surface area contributed by atoms with Gasteiger partial charge in [0.15, 0.2) is 6.10 Å². The third-order valence-corrected chi connectivity index (χ3v) is 3.09. The van der Waals surface area contributed by atoms with E-state index >= 15 is 0 Å². The van der Waals surface area contributed by atoms with Crippen molar-refractivity contribution in [3.63, 3.8) is 0 Å². The number of halogens is 3. The molecule has 20 heavy (non-hydrogen) atoms. The standard InChI is InChI=1S/C13H14F3NO3/c1-19-12(18)11-8-17(6-7-20-11)10-4-2-9(3-5-10)13(14,15)16/h2-5,11H,6-8H2,1H3. The van der Waals surface area contributed by atoms with Crippen LogP contribution < -0.4 is 4.90 Å². The van der Waals surface area contributed by atoms with Gasteiger partial charge in [-0.3, -0.25) is 0 Å². The van der Waals surface area contributed by atoms with Gasteiger partial charge in [-0.25, -0.2) is 4.79 Å². The number of carbonyl (C=O) groups is 1. The Morgan fingerprint density at radius 1 is 1.35 bits per heavy atom. The molecule has 0 aliphatic carbocycles. The summed E-state index contributed by atoms with van der Waals surface area (Å²) in [4.78, 5) is 13.2. The molecule has 2 rings (SSSR count). The lowest BCUT2D eigenvalue weighted by Gasteiger charge is -2.33. The third-order valence-electron chi connectivity index (χ3n) is 3.09. The van der Waals surface area contributed by atoms with E-state index in [1.807, 2.05) is 0 Å². The molecule has 110 valence electrons. The van der Waals surface area contributed by atoms with Crippen molar-refractivity contribution in [3.05, 3.63) is 29.8 Å². The molecular weight excluding hydrogens is 275 g/mol. The van der Waals surface area contributed by atoms with Gasteiger partial charge in [0.05, 0.1) is 25.8 Å². The van der Waals surface area contributed by atoms with Gasteiger partial charge in [0.25, 0.3) is 0 Å². The average Bonchev–Trinajstić information content (AvgIpc) is 2.46. The first-order chi connectivity index (χ1) is 9.41. The van der Waals surface area contributed by atoms with Crippen LogP contribution in [0.4, 0.5) is 18.9 Å². The summed E-state index contributed by atoms with van der Waals surface area (Å²) in [7, 11) is 1.27. The molecule has 1 fully saturated rings. The minimum absolute atomic E-state index is 0.262. The van der Waals surface area contributed by atoms with E-state index in [1.165, 1.54) is 19.2 Å². The smallest absolute Gasteiger partial charge is 0.416 e. The van der Waals surface area contributed by atoms with Crippen molar-refractivity contribution in [2.45, 2.75) is 12.3 Å². The van der Waals surface area contributed by atoms with E-state index in [9.17, 15) is 18.0 Å². The van der Waals surface area contributed by atoms with Crippen LogP contribution in [-0.4, -0.2) is 38.9 Å². The number of methoxy groups -OCH3 is 1. The van der Waals surface area contributed by atoms with Gasteiger partial charge in [0, 0.05) is 12.2 Å². The lowest BCUT2D eigenvalue weighted by molar-refractivity contribution is -0.154. The van der Waals surface area contributed by atoms with Gasteiger partial charge >= 0.3 is 12.1 Å². The molecule has 0 radical (unpaired) electrons. The second-order valence-electron chi connectivity index (χ2n) is 4.37. The zero-order valence-electron chi connectivity index (χ0n) is 10.8. The van der Waals surface area contributed by atoms with Gasteiger partial charge in [-0.15, -0.1) is 0 Å². The topological polar surface area (TPSA) is 38.8 Å². The third kappa shape index (κ3) is 3.22. The normalized spacial score (nSPS) is 19.8. The van der Waals surface area contributed by atoms with Crippen LogP contribution in [0.3, 0.4) is 0 Å². The molecular formula is C13H14F3NO3. The molecule has 1 aliphatic heterocycles. The number of benzene rings is 1. The lowest BCUT2D eigenvalue weighted by Crippen LogP contribution is -2.46. The molecule has 1 heterocycles. The van der Waals surface area contributed by atoms with E-state index < -0.39 is 23.8 Å². The molecule has 0 bridgehead atoms. The summed E-state index contributed by atoms with van der Waals surface area (Å²) in [5, 5.41) is 0. The number of nitrogens with zero attached hydrogens (tertiary/aromatic N) is 1. The highest BCUT2D eigenvalue weighted by atomic mass is 19.4. The Morgan fingerprint density at radius 2 is 2.00 bits per heavy atom. The van der Waals surface area contributed by atoms with E-state index in [2.05, 4.69) is 4.74 Å². The SMILES string of the molecule is COC(=O)C1CN(c2ccc(C(F)(F)F)cc2)CCO1. The molecule has 0 amide bonds. The maximum absolute atomic E-state index is 12.5. The molecule has 1 atom stereocenters. The van der Waals surface area contributed by atoms with Crippen LogP contribution in [-0.2, 0) is 20.4 Å². The highest BCUT2D eigenvalue weighted by Gasteiger charge is 2.31. The molecule has 1 aliphatic rings. The molecule has 1 aromatic carbocycles. The van der Waals surface area contributed by atoms with E-state index in [0.29, 0.717) is 18.8 Å². The average molecular weight is 289 g/mol. The van der Waals surface area contributed by atoms with Crippen molar-refractivity contribution < 1.29 is 27.4 Å². The molecule has 1 unspecified atom stereocenters.